The molecule has 0 aliphatic heterocycles. The summed E-state index contributed by atoms with van der Waals surface area (Å²) in [5, 5.41) is 6.54. The summed E-state index contributed by atoms with van der Waals surface area (Å²) in [6.07, 6.45) is 0. The van der Waals surface area contributed by atoms with Gasteiger partial charge < -0.3 is 15.1 Å². The van der Waals surface area contributed by atoms with Gasteiger partial charge in [0.1, 0.15) is 5.58 Å². The molecular formula is C18H15IN2O3. The fourth-order valence-electron chi connectivity index (χ4n) is 2.35. The standard InChI is InChI=1S/C18H15IN2O3/c1-11(22)18-17(14-4-2-3-5-15(14)24-18)21-16(23)10-20-13-8-6-12(19)7-9-13/h2-9,20H,10H2,1H3,(H,21,23). The van der Waals surface area contributed by atoms with Crippen LogP contribution in [0.2, 0.25) is 0 Å². The predicted molar refractivity (Wildman–Crippen MR) is 102 cm³/mol. The Bertz CT molecular complexity index is 900. The summed E-state index contributed by atoms with van der Waals surface area (Å²) in [5.74, 6) is -0.312. The van der Waals surface area contributed by atoms with E-state index in [4.69, 9.17) is 4.42 Å². The third kappa shape index (κ3) is 3.59. The van der Waals surface area contributed by atoms with Gasteiger partial charge in [0.25, 0.3) is 0 Å². The van der Waals surface area contributed by atoms with Gasteiger partial charge in [-0.1, -0.05) is 12.1 Å². The minimum absolute atomic E-state index is 0.0947. The molecule has 0 aliphatic carbocycles. The van der Waals surface area contributed by atoms with Crippen molar-refractivity contribution >= 4 is 56.6 Å². The first-order valence-electron chi connectivity index (χ1n) is 7.36. The molecule has 0 aliphatic rings. The number of hydrogen-bond acceptors (Lipinski definition) is 4. The highest BCUT2D eigenvalue weighted by atomic mass is 127. The van der Waals surface area contributed by atoms with Crippen molar-refractivity contribution < 1.29 is 14.0 Å². The Kier molecular flexibility index (Phi) is 4.84. The molecule has 1 aromatic heterocycles. The van der Waals surface area contributed by atoms with Crippen LogP contribution in [0.3, 0.4) is 0 Å². The normalized spacial score (nSPS) is 10.6. The van der Waals surface area contributed by atoms with Crippen molar-refractivity contribution in [3.63, 3.8) is 0 Å². The lowest BCUT2D eigenvalue weighted by Crippen LogP contribution is -2.22. The molecule has 6 heteroatoms. The number of halogens is 1. The number of nitrogens with one attached hydrogen (secondary N) is 2. The Balaban J connectivity index is 1.76. The number of benzene rings is 2. The minimum atomic E-state index is -0.248. The SMILES string of the molecule is CC(=O)c1oc2ccccc2c1NC(=O)CNc1ccc(I)cc1. The van der Waals surface area contributed by atoms with Crippen molar-refractivity contribution in [2.45, 2.75) is 6.92 Å². The maximum Gasteiger partial charge on any atom is 0.243 e. The van der Waals surface area contributed by atoms with Gasteiger partial charge in [0, 0.05) is 21.6 Å². The first-order valence-corrected chi connectivity index (χ1v) is 8.44. The van der Waals surface area contributed by atoms with Gasteiger partial charge in [-0.3, -0.25) is 9.59 Å². The highest BCUT2D eigenvalue weighted by Crippen LogP contribution is 2.31. The van der Waals surface area contributed by atoms with Crippen molar-refractivity contribution in [3.05, 3.63) is 57.9 Å². The van der Waals surface area contributed by atoms with Crippen molar-refractivity contribution in [1.29, 1.82) is 0 Å². The fraction of sp³-hybridized carbons (Fsp3) is 0.111. The topological polar surface area (TPSA) is 71.3 Å². The Morgan fingerprint density at radius 3 is 2.50 bits per heavy atom. The van der Waals surface area contributed by atoms with Gasteiger partial charge in [-0.05, 0) is 59.0 Å². The Morgan fingerprint density at radius 1 is 1.08 bits per heavy atom. The van der Waals surface area contributed by atoms with E-state index in [1.165, 1.54) is 6.92 Å². The molecule has 0 bridgehead atoms. The molecule has 0 saturated carbocycles. The van der Waals surface area contributed by atoms with Crippen LogP contribution < -0.4 is 10.6 Å². The molecular weight excluding hydrogens is 419 g/mol. The van der Waals surface area contributed by atoms with Gasteiger partial charge >= 0.3 is 0 Å². The number of Topliss-reactive ketones (excluding diaryl/α,β-unsaturated/α-hetero) is 1. The lowest BCUT2D eigenvalue weighted by molar-refractivity contribution is -0.114. The summed E-state index contributed by atoms with van der Waals surface area (Å²) in [7, 11) is 0. The number of carbonyl (C=O) groups is 2. The Labute approximate surface area is 152 Å². The molecule has 2 N–H and O–H groups in total. The van der Waals surface area contributed by atoms with Gasteiger partial charge in [0.2, 0.25) is 5.91 Å². The molecule has 0 fully saturated rings. The Hall–Kier alpha value is -2.35. The van der Waals surface area contributed by atoms with Crippen LogP contribution in [0.5, 0.6) is 0 Å². The van der Waals surface area contributed by atoms with Gasteiger partial charge in [0.05, 0.1) is 12.2 Å². The number of para-hydroxylation sites is 1. The first kappa shape index (κ1) is 16.5. The van der Waals surface area contributed by atoms with E-state index < -0.39 is 0 Å². The summed E-state index contributed by atoms with van der Waals surface area (Å²) in [6.45, 7) is 1.51. The molecule has 3 rings (SSSR count). The second kappa shape index (κ2) is 7.04. The summed E-state index contributed by atoms with van der Waals surface area (Å²) in [6, 6.07) is 15.0. The monoisotopic (exact) mass is 434 g/mol. The zero-order valence-corrected chi connectivity index (χ0v) is 15.1. The molecule has 2 aromatic carbocycles. The second-order valence-electron chi connectivity index (χ2n) is 5.27. The van der Waals surface area contributed by atoms with Crippen LogP contribution in [0.4, 0.5) is 11.4 Å². The average Bonchev–Trinajstić information content (AvgIpc) is 2.93. The molecule has 5 nitrogen and oxygen atoms in total. The molecule has 0 unspecified atom stereocenters. The van der Waals surface area contributed by atoms with E-state index in [0.717, 1.165) is 9.26 Å². The number of fused-ring (bicyclic) bond motifs is 1. The van der Waals surface area contributed by atoms with Crippen molar-refractivity contribution in [1.82, 2.24) is 0 Å². The summed E-state index contributed by atoms with van der Waals surface area (Å²) >= 11 is 2.22. The van der Waals surface area contributed by atoms with Crippen LogP contribution in [0.25, 0.3) is 11.0 Å². The third-order valence-corrected chi connectivity index (χ3v) is 4.20. The van der Waals surface area contributed by atoms with Gasteiger partial charge in [-0.15, -0.1) is 0 Å². The first-order chi connectivity index (χ1) is 11.5. The van der Waals surface area contributed by atoms with Crippen molar-refractivity contribution in [3.8, 4) is 0 Å². The van der Waals surface area contributed by atoms with E-state index in [1.807, 2.05) is 42.5 Å². The van der Waals surface area contributed by atoms with Gasteiger partial charge in [-0.25, -0.2) is 0 Å². The van der Waals surface area contributed by atoms with Crippen LogP contribution in [-0.4, -0.2) is 18.2 Å². The van der Waals surface area contributed by atoms with Crippen LogP contribution in [0.15, 0.2) is 52.9 Å². The average molecular weight is 434 g/mol. The molecule has 0 spiro atoms. The van der Waals surface area contributed by atoms with Crippen LogP contribution in [-0.2, 0) is 4.79 Å². The van der Waals surface area contributed by atoms with E-state index in [2.05, 4.69) is 33.2 Å². The van der Waals surface area contributed by atoms with E-state index in [0.29, 0.717) is 16.7 Å². The summed E-state index contributed by atoms with van der Waals surface area (Å²) in [4.78, 5) is 24.0. The molecule has 0 atom stereocenters. The zero-order valence-electron chi connectivity index (χ0n) is 12.9. The van der Waals surface area contributed by atoms with E-state index >= 15 is 0 Å². The number of hydrogen-bond donors (Lipinski definition) is 2. The molecule has 122 valence electrons. The molecule has 24 heavy (non-hydrogen) atoms. The minimum Gasteiger partial charge on any atom is -0.451 e. The molecule has 1 amide bonds. The number of furan rings is 1. The van der Waals surface area contributed by atoms with Gasteiger partial charge in [0.15, 0.2) is 11.5 Å². The number of rotatable bonds is 5. The number of amides is 1. The van der Waals surface area contributed by atoms with Crippen molar-refractivity contribution in [2.75, 3.05) is 17.2 Å². The molecule has 3 aromatic rings. The maximum atomic E-state index is 12.2. The smallest absolute Gasteiger partial charge is 0.243 e. The lowest BCUT2D eigenvalue weighted by Gasteiger charge is -2.08. The summed E-state index contributed by atoms with van der Waals surface area (Å²) in [5.41, 5.74) is 1.85. The zero-order chi connectivity index (χ0) is 17.1. The number of carbonyl (C=O) groups excluding carboxylic acids is 2. The number of anilines is 2. The van der Waals surface area contributed by atoms with Crippen LogP contribution in [0.1, 0.15) is 17.5 Å². The molecule has 0 radical (unpaired) electrons. The fourth-order valence-corrected chi connectivity index (χ4v) is 2.71. The van der Waals surface area contributed by atoms with E-state index in [-0.39, 0.29) is 24.0 Å². The largest absolute Gasteiger partial charge is 0.451 e. The molecule has 1 heterocycles. The van der Waals surface area contributed by atoms with E-state index in [1.54, 1.807) is 6.07 Å². The maximum absolute atomic E-state index is 12.2. The van der Waals surface area contributed by atoms with Gasteiger partial charge in [-0.2, -0.15) is 0 Å². The van der Waals surface area contributed by atoms with Crippen molar-refractivity contribution in [2.24, 2.45) is 0 Å². The Morgan fingerprint density at radius 2 is 1.79 bits per heavy atom. The lowest BCUT2D eigenvalue weighted by atomic mass is 10.2. The second-order valence-corrected chi connectivity index (χ2v) is 6.51. The summed E-state index contributed by atoms with van der Waals surface area (Å²) < 4.78 is 6.68. The van der Waals surface area contributed by atoms with E-state index in [9.17, 15) is 9.59 Å². The third-order valence-electron chi connectivity index (χ3n) is 3.48. The quantitative estimate of drug-likeness (QED) is 0.465. The van der Waals surface area contributed by atoms with Crippen LogP contribution >= 0.6 is 22.6 Å². The highest BCUT2D eigenvalue weighted by Gasteiger charge is 2.19. The highest BCUT2D eigenvalue weighted by molar-refractivity contribution is 14.1. The van der Waals surface area contributed by atoms with Crippen LogP contribution in [0, 0.1) is 3.57 Å². The molecule has 0 saturated heterocycles. The number of ketones is 1. The predicted octanol–water partition coefficient (Wildman–Crippen LogP) is 4.29.